The Bertz CT molecular complexity index is 1480. The summed E-state index contributed by atoms with van der Waals surface area (Å²) in [4.78, 5) is 30.1. The van der Waals surface area contributed by atoms with Crippen molar-refractivity contribution in [3.05, 3.63) is 135 Å². The molecule has 182 valence electrons. The molecular formula is C30H20BrClN2O2S. The zero-order valence-electron chi connectivity index (χ0n) is 19.5. The highest BCUT2D eigenvalue weighted by Crippen LogP contribution is 2.31. The van der Waals surface area contributed by atoms with Gasteiger partial charge in [0.1, 0.15) is 5.57 Å². The Kier molecular flexibility index (Phi) is 7.33. The molecule has 1 heterocycles. The number of anilines is 2. The molecule has 0 radical (unpaired) electrons. The molecule has 1 saturated heterocycles. The summed E-state index contributed by atoms with van der Waals surface area (Å²) in [6.45, 7) is 0. The summed E-state index contributed by atoms with van der Waals surface area (Å²) in [6.07, 6.45) is 2.26. The van der Waals surface area contributed by atoms with Gasteiger partial charge in [0.15, 0.2) is 5.11 Å². The molecule has 0 aromatic heterocycles. The normalized spacial score (nSPS) is 13.8. The number of carbonyl (C=O) groups excluding carboxylic acids is 2. The minimum atomic E-state index is -0.468. The van der Waals surface area contributed by atoms with Crippen molar-refractivity contribution < 1.29 is 9.59 Å². The maximum atomic E-state index is 13.7. The van der Waals surface area contributed by atoms with Crippen LogP contribution in [0.5, 0.6) is 0 Å². The van der Waals surface area contributed by atoms with Crippen molar-refractivity contribution >= 4 is 74.1 Å². The number of carbonyl (C=O) groups is 2. The van der Waals surface area contributed by atoms with E-state index in [9.17, 15) is 9.59 Å². The highest BCUT2D eigenvalue weighted by atomic mass is 79.9. The van der Waals surface area contributed by atoms with E-state index in [0.717, 1.165) is 15.6 Å². The molecule has 0 unspecified atom stereocenters. The third-order valence-corrected chi connectivity index (χ3v) is 7.48. The Morgan fingerprint density at radius 2 is 1.27 bits per heavy atom. The van der Waals surface area contributed by atoms with Gasteiger partial charge in [0.2, 0.25) is 0 Å². The Hall–Kier alpha value is -3.58. The molecule has 0 bridgehead atoms. The maximum Gasteiger partial charge on any atom is 0.270 e. The van der Waals surface area contributed by atoms with Crippen LogP contribution in [-0.2, 0) is 16.0 Å². The van der Waals surface area contributed by atoms with Crippen LogP contribution in [-0.4, -0.2) is 16.9 Å². The lowest BCUT2D eigenvalue weighted by Crippen LogP contribution is -2.56. The van der Waals surface area contributed by atoms with E-state index in [1.165, 1.54) is 9.80 Å². The fourth-order valence-corrected chi connectivity index (χ4v) is 5.27. The van der Waals surface area contributed by atoms with Gasteiger partial charge in [0.05, 0.1) is 11.4 Å². The molecule has 5 rings (SSSR count). The van der Waals surface area contributed by atoms with Crippen LogP contribution in [0.1, 0.15) is 16.7 Å². The Balaban J connectivity index is 1.54. The van der Waals surface area contributed by atoms with Crippen LogP contribution in [0, 0.1) is 0 Å². The molecule has 4 aromatic rings. The van der Waals surface area contributed by atoms with Gasteiger partial charge < -0.3 is 0 Å². The smallest absolute Gasteiger partial charge is 0.268 e. The summed E-state index contributed by atoms with van der Waals surface area (Å²) in [5.41, 5.74) is 3.96. The zero-order chi connectivity index (χ0) is 25.9. The molecule has 0 saturated carbocycles. The average molecular weight is 588 g/mol. The van der Waals surface area contributed by atoms with Crippen LogP contribution in [0.2, 0.25) is 5.02 Å². The molecule has 4 nitrogen and oxygen atoms in total. The monoisotopic (exact) mass is 586 g/mol. The summed E-state index contributed by atoms with van der Waals surface area (Å²) < 4.78 is 0.854. The van der Waals surface area contributed by atoms with Crippen LogP contribution in [0.3, 0.4) is 0 Å². The van der Waals surface area contributed by atoms with E-state index in [2.05, 4.69) is 15.9 Å². The first kappa shape index (κ1) is 25.1. The summed E-state index contributed by atoms with van der Waals surface area (Å²) in [5, 5.41) is 0.817. The summed E-state index contributed by atoms with van der Waals surface area (Å²) >= 11 is 15.6. The number of para-hydroxylation sites is 2. The van der Waals surface area contributed by atoms with Gasteiger partial charge in [-0.05, 0) is 71.4 Å². The minimum Gasteiger partial charge on any atom is -0.268 e. The summed E-state index contributed by atoms with van der Waals surface area (Å²) in [7, 11) is 0. The molecule has 37 heavy (non-hydrogen) atoms. The molecule has 1 aliphatic rings. The first-order valence-electron chi connectivity index (χ1n) is 11.5. The van der Waals surface area contributed by atoms with E-state index in [4.69, 9.17) is 23.8 Å². The second-order valence-corrected chi connectivity index (χ2v) is 10.0. The Morgan fingerprint density at radius 3 is 1.81 bits per heavy atom. The maximum absolute atomic E-state index is 13.7. The average Bonchev–Trinajstić information content (AvgIpc) is 2.90. The van der Waals surface area contributed by atoms with Crippen LogP contribution in [0.15, 0.2) is 113 Å². The fraction of sp³-hybridized carbons (Fsp3) is 0.0333. The van der Waals surface area contributed by atoms with Gasteiger partial charge in [0.25, 0.3) is 11.8 Å². The zero-order valence-corrected chi connectivity index (χ0v) is 22.6. The quantitative estimate of drug-likeness (QED) is 0.138. The number of hydrogen-bond donors (Lipinski definition) is 0. The first-order valence-corrected chi connectivity index (χ1v) is 13.1. The van der Waals surface area contributed by atoms with Gasteiger partial charge in [0, 0.05) is 15.9 Å². The van der Waals surface area contributed by atoms with Gasteiger partial charge in [-0.25, -0.2) is 0 Å². The van der Waals surface area contributed by atoms with Crippen LogP contribution in [0.25, 0.3) is 6.08 Å². The molecule has 0 N–H and O–H groups in total. The minimum absolute atomic E-state index is 0.0204. The standard InChI is InChI=1S/C30H20BrClN2O2S/c31-26-18-20(15-16-21(26)19-22-9-7-8-14-27(22)32)17-25-28(35)33(23-10-3-1-4-11-23)30(37)34(29(25)36)24-12-5-2-6-13-24/h1-18H,19H2. The number of thiocarbonyl (C=S) groups is 1. The molecule has 0 aliphatic carbocycles. The van der Waals surface area contributed by atoms with Crippen LogP contribution < -0.4 is 9.80 Å². The third kappa shape index (κ3) is 5.14. The number of hydrogen-bond acceptors (Lipinski definition) is 3. The van der Waals surface area contributed by atoms with E-state index in [1.807, 2.05) is 78.9 Å². The van der Waals surface area contributed by atoms with Gasteiger partial charge in [-0.1, -0.05) is 94.3 Å². The van der Waals surface area contributed by atoms with Crippen molar-refractivity contribution in [2.45, 2.75) is 6.42 Å². The van der Waals surface area contributed by atoms with E-state index in [1.54, 1.807) is 30.3 Å². The number of amides is 2. The van der Waals surface area contributed by atoms with E-state index >= 15 is 0 Å². The van der Waals surface area contributed by atoms with Crippen molar-refractivity contribution in [2.75, 3.05) is 9.80 Å². The topological polar surface area (TPSA) is 40.6 Å². The third-order valence-electron chi connectivity index (χ3n) is 6.01. The SMILES string of the molecule is O=C1C(=Cc2ccc(Cc3ccccc3Cl)c(Br)c2)C(=O)N(c2ccccc2)C(=S)N1c1ccccc1. The van der Waals surface area contributed by atoms with Gasteiger partial charge in [-0.15, -0.1) is 0 Å². The van der Waals surface area contributed by atoms with Crippen molar-refractivity contribution in [2.24, 2.45) is 0 Å². The Labute approximate surface area is 233 Å². The summed E-state index contributed by atoms with van der Waals surface area (Å²) in [5.74, 6) is -0.936. The Morgan fingerprint density at radius 1 is 0.730 bits per heavy atom. The van der Waals surface area contributed by atoms with Gasteiger partial charge in [-0.3, -0.25) is 19.4 Å². The number of rotatable bonds is 5. The molecule has 0 spiro atoms. The molecule has 2 amide bonds. The van der Waals surface area contributed by atoms with E-state index < -0.39 is 11.8 Å². The lowest BCUT2D eigenvalue weighted by molar-refractivity contribution is -0.120. The number of halogens is 2. The first-order chi connectivity index (χ1) is 17.9. The molecule has 1 aliphatic heterocycles. The lowest BCUT2D eigenvalue weighted by atomic mass is 10.0. The number of benzene rings is 4. The van der Waals surface area contributed by atoms with Crippen molar-refractivity contribution in [3.63, 3.8) is 0 Å². The lowest BCUT2D eigenvalue weighted by Gasteiger charge is -2.36. The van der Waals surface area contributed by atoms with Crippen molar-refractivity contribution in [3.8, 4) is 0 Å². The van der Waals surface area contributed by atoms with Crippen molar-refractivity contribution in [1.82, 2.24) is 0 Å². The van der Waals surface area contributed by atoms with Crippen LogP contribution >= 0.6 is 39.7 Å². The van der Waals surface area contributed by atoms with Crippen LogP contribution in [0.4, 0.5) is 11.4 Å². The molecular weight excluding hydrogens is 568 g/mol. The second kappa shape index (κ2) is 10.8. The highest BCUT2D eigenvalue weighted by Gasteiger charge is 2.41. The van der Waals surface area contributed by atoms with Gasteiger partial charge >= 0.3 is 0 Å². The molecule has 4 aromatic carbocycles. The largest absolute Gasteiger partial charge is 0.270 e. The molecule has 7 heteroatoms. The van der Waals surface area contributed by atoms with Crippen molar-refractivity contribution in [1.29, 1.82) is 0 Å². The number of nitrogens with zero attached hydrogens (tertiary/aromatic N) is 2. The van der Waals surface area contributed by atoms with E-state index in [0.29, 0.717) is 28.4 Å². The molecule has 1 fully saturated rings. The van der Waals surface area contributed by atoms with Gasteiger partial charge in [-0.2, -0.15) is 0 Å². The predicted octanol–water partition coefficient (Wildman–Crippen LogP) is 7.44. The second-order valence-electron chi connectivity index (χ2n) is 8.41. The molecule has 0 atom stereocenters. The predicted molar refractivity (Wildman–Crippen MR) is 157 cm³/mol. The van der Waals surface area contributed by atoms with E-state index in [-0.39, 0.29) is 10.7 Å². The fourth-order valence-electron chi connectivity index (χ4n) is 4.15. The highest BCUT2D eigenvalue weighted by molar-refractivity contribution is 9.10. The summed E-state index contributed by atoms with van der Waals surface area (Å²) in [6, 6.07) is 31.7.